The highest BCUT2D eigenvalue weighted by molar-refractivity contribution is 5.66. The molecule has 0 aromatic carbocycles. The van der Waals surface area contributed by atoms with Gasteiger partial charge in [-0.2, -0.15) is 0 Å². The van der Waals surface area contributed by atoms with E-state index in [1.165, 1.54) is 103 Å². The van der Waals surface area contributed by atoms with Gasteiger partial charge in [0.05, 0.1) is 0 Å². The van der Waals surface area contributed by atoms with E-state index in [0.717, 1.165) is 18.8 Å². The molecule has 0 aromatic heterocycles. The van der Waals surface area contributed by atoms with Gasteiger partial charge in [0.2, 0.25) is 0 Å². The standard InChI is InChI=1S/C23H46O2/c1-3-22(2)20-18-16-14-12-10-8-6-4-5-7-9-11-13-15-17-19-21-23(24)25/h22H,3-21H2,1-2H3,(H,24,25)/t22-/m1/s1. The summed E-state index contributed by atoms with van der Waals surface area (Å²) in [6.07, 6.45) is 24.6. The number of carboxylic acid groups (broad SMARTS) is 1. The van der Waals surface area contributed by atoms with E-state index in [1.807, 2.05) is 0 Å². The maximum Gasteiger partial charge on any atom is 0.303 e. The first-order valence-corrected chi connectivity index (χ1v) is 11.4. The van der Waals surface area contributed by atoms with Gasteiger partial charge in [0.15, 0.2) is 0 Å². The molecule has 0 saturated heterocycles. The minimum absolute atomic E-state index is 0.345. The van der Waals surface area contributed by atoms with Gasteiger partial charge in [-0.1, -0.05) is 123 Å². The van der Waals surface area contributed by atoms with Crippen molar-refractivity contribution in [3.63, 3.8) is 0 Å². The largest absolute Gasteiger partial charge is 0.481 e. The molecular weight excluding hydrogens is 308 g/mol. The van der Waals surface area contributed by atoms with Gasteiger partial charge in [-0.05, 0) is 12.3 Å². The number of unbranched alkanes of at least 4 members (excludes halogenated alkanes) is 15. The Morgan fingerprint density at radius 2 is 0.960 bits per heavy atom. The van der Waals surface area contributed by atoms with Gasteiger partial charge >= 0.3 is 5.97 Å². The van der Waals surface area contributed by atoms with Crippen molar-refractivity contribution in [2.75, 3.05) is 0 Å². The number of hydrogen-bond donors (Lipinski definition) is 1. The number of carbonyl (C=O) groups is 1. The van der Waals surface area contributed by atoms with Crippen LogP contribution in [0, 0.1) is 5.92 Å². The van der Waals surface area contributed by atoms with Gasteiger partial charge in [0.25, 0.3) is 0 Å². The lowest BCUT2D eigenvalue weighted by molar-refractivity contribution is -0.137. The van der Waals surface area contributed by atoms with Crippen LogP contribution in [0.25, 0.3) is 0 Å². The van der Waals surface area contributed by atoms with Crippen molar-refractivity contribution in [3.05, 3.63) is 0 Å². The van der Waals surface area contributed by atoms with Gasteiger partial charge in [0, 0.05) is 6.42 Å². The maximum atomic E-state index is 10.4. The molecular formula is C23H46O2. The summed E-state index contributed by atoms with van der Waals surface area (Å²) < 4.78 is 0. The van der Waals surface area contributed by atoms with E-state index in [1.54, 1.807) is 0 Å². The molecule has 1 N–H and O–H groups in total. The van der Waals surface area contributed by atoms with Crippen molar-refractivity contribution < 1.29 is 9.90 Å². The minimum atomic E-state index is -0.651. The van der Waals surface area contributed by atoms with E-state index in [2.05, 4.69) is 13.8 Å². The van der Waals surface area contributed by atoms with Crippen molar-refractivity contribution >= 4 is 5.97 Å². The summed E-state index contributed by atoms with van der Waals surface area (Å²) in [5.74, 6) is 0.276. The first-order chi connectivity index (χ1) is 12.2. The number of hydrogen-bond acceptors (Lipinski definition) is 1. The molecule has 0 rings (SSSR count). The zero-order valence-corrected chi connectivity index (χ0v) is 17.4. The quantitative estimate of drug-likeness (QED) is 0.224. The molecule has 25 heavy (non-hydrogen) atoms. The minimum Gasteiger partial charge on any atom is -0.481 e. The highest BCUT2D eigenvalue weighted by Crippen LogP contribution is 2.16. The van der Waals surface area contributed by atoms with E-state index >= 15 is 0 Å². The zero-order valence-electron chi connectivity index (χ0n) is 17.4. The third-order valence-electron chi connectivity index (χ3n) is 5.53. The number of rotatable bonds is 20. The first kappa shape index (κ1) is 24.5. The van der Waals surface area contributed by atoms with Gasteiger partial charge in [-0.15, -0.1) is 0 Å². The van der Waals surface area contributed by atoms with Crippen molar-refractivity contribution in [1.29, 1.82) is 0 Å². The van der Waals surface area contributed by atoms with E-state index in [-0.39, 0.29) is 0 Å². The Hall–Kier alpha value is -0.530. The van der Waals surface area contributed by atoms with E-state index in [4.69, 9.17) is 5.11 Å². The Kier molecular flexibility index (Phi) is 19.4. The zero-order chi connectivity index (χ0) is 18.6. The lowest BCUT2D eigenvalue weighted by Gasteiger charge is -2.07. The van der Waals surface area contributed by atoms with E-state index < -0.39 is 5.97 Å². The van der Waals surface area contributed by atoms with Crippen LogP contribution in [0.15, 0.2) is 0 Å². The molecule has 0 fully saturated rings. The van der Waals surface area contributed by atoms with Gasteiger partial charge in [-0.3, -0.25) is 4.79 Å². The first-order valence-electron chi connectivity index (χ1n) is 11.4. The molecule has 1 atom stereocenters. The van der Waals surface area contributed by atoms with E-state index in [0.29, 0.717) is 6.42 Å². The highest BCUT2D eigenvalue weighted by Gasteiger charge is 1.99. The van der Waals surface area contributed by atoms with Crippen LogP contribution in [0.5, 0.6) is 0 Å². The Bertz CT molecular complexity index is 275. The summed E-state index contributed by atoms with van der Waals surface area (Å²) in [5.41, 5.74) is 0. The molecule has 0 heterocycles. The molecule has 2 heteroatoms. The fourth-order valence-electron chi connectivity index (χ4n) is 3.45. The van der Waals surface area contributed by atoms with Crippen LogP contribution in [0.2, 0.25) is 0 Å². The lowest BCUT2D eigenvalue weighted by Crippen LogP contribution is -1.93. The summed E-state index contributed by atoms with van der Waals surface area (Å²) in [7, 11) is 0. The van der Waals surface area contributed by atoms with Crippen molar-refractivity contribution in [2.45, 2.75) is 136 Å². The molecule has 0 aliphatic carbocycles. The second-order valence-electron chi connectivity index (χ2n) is 8.10. The lowest BCUT2D eigenvalue weighted by atomic mass is 9.99. The maximum absolute atomic E-state index is 10.4. The molecule has 0 aliphatic heterocycles. The number of aliphatic carboxylic acids is 1. The molecule has 150 valence electrons. The third kappa shape index (κ3) is 21.4. The summed E-state index contributed by atoms with van der Waals surface area (Å²) >= 11 is 0. The van der Waals surface area contributed by atoms with Crippen molar-refractivity contribution in [2.24, 2.45) is 5.92 Å². The van der Waals surface area contributed by atoms with Gasteiger partial charge < -0.3 is 5.11 Å². The molecule has 0 aromatic rings. The SMILES string of the molecule is CC[C@@H](C)CCCCCCCCCCCCCCCCCCC(=O)O. The molecule has 0 amide bonds. The van der Waals surface area contributed by atoms with Crippen LogP contribution >= 0.6 is 0 Å². The second kappa shape index (κ2) is 19.8. The molecule has 0 radical (unpaired) electrons. The summed E-state index contributed by atoms with van der Waals surface area (Å²) in [5, 5.41) is 8.57. The Morgan fingerprint density at radius 3 is 1.28 bits per heavy atom. The molecule has 0 aliphatic rings. The average molecular weight is 355 g/mol. The van der Waals surface area contributed by atoms with Gasteiger partial charge in [0.1, 0.15) is 0 Å². The van der Waals surface area contributed by atoms with Crippen LogP contribution < -0.4 is 0 Å². The van der Waals surface area contributed by atoms with Crippen molar-refractivity contribution in [3.8, 4) is 0 Å². The molecule has 0 spiro atoms. The summed E-state index contributed by atoms with van der Waals surface area (Å²) in [6.45, 7) is 4.68. The summed E-state index contributed by atoms with van der Waals surface area (Å²) in [4.78, 5) is 10.4. The Labute approximate surface area is 158 Å². The van der Waals surface area contributed by atoms with Crippen LogP contribution in [0.1, 0.15) is 136 Å². The molecule has 0 saturated carbocycles. The highest BCUT2D eigenvalue weighted by atomic mass is 16.4. The predicted molar refractivity (Wildman–Crippen MR) is 110 cm³/mol. The second-order valence-corrected chi connectivity index (χ2v) is 8.10. The average Bonchev–Trinajstić information content (AvgIpc) is 2.60. The van der Waals surface area contributed by atoms with E-state index in [9.17, 15) is 4.79 Å². The monoisotopic (exact) mass is 354 g/mol. The van der Waals surface area contributed by atoms with Crippen LogP contribution in [0.3, 0.4) is 0 Å². The molecule has 2 nitrogen and oxygen atoms in total. The molecule has 0 bridgehead atoms. The van der Waals surface area contributed by atoms with Crippen LogP contribution in [-0.2, 0) is 4.79 Å². The van der Waals surface area contributed by atoms with Crippen molar-refractivity contribution in [1.82, 2.24) is 0 Å². The van der Waals surface area contributed by atoms with Gasteiger partial charge in [-0.25, -0.2) is 0 Å². The number of carboxylic acids is 1. The Morgan fingerprint density at radius 1 is 0.640 bits per heavy atom. The van der Waals surface area contributed by atoms with Crippen LogP contribution in [0.4, 0.5) is 0 Å². The molecule has 0 unspecified atom stereocenters. The Balaban J connectivity index is 3.02. The topological polar surface area (TPSA) is 37.3 Å². The summed E-state index contributed by atoms with van der Waals surface area (Å²) in [6, 6.07) is 0. The third-order valence-corrected chi connectivity index (χ3v) is 5.53. The normalized spacial score (nSPS) is 12.4. The fraction of sp³-hybridized carbons (Fsp3) is 0.957. The fourth-order valence-corrected chi connectivity index (χ4v) is 3.45. The predicted octanol–water partition coefficient (Wildman–Crippen LogP) is 8.14. The smallest absolute Gasteiger partial charge is 0.303 e. The van der Waals surface area contributed by atoms with Crippen LogP contribution in [-0.4, -0.2) is 11.1 Å².